The number of carbonyl (C=O) groups is 1. The van der Waals surface area contributed by atoms with Gasteiger partial charge in [-0.3, -0.25) is 4.79 Å². The lowest BCUT2D eigenvalue weighted by Crippen LogP contribution is -2.28. The number of nitrogens with one attached hydrogen (secondary N) is 1. The van der Waals surface area contributed by atoms with Crippen LogP contribution in [0.3, 0.4) is 0 Å². The summed E-state index contributed by atoms with van der Waals surface area (Å²) < 4.78 is 11.4. The molecule has 25 heavy (non-hydrogen) atoms. The first-order valence-corrected chi connectivity index (χ1v) is 9.02. The number of benzene rings is 1. The minimum atomic E-state index is 0. The summed E-state index contributed by atoms with van der Waals surface area (Å²) >= 11 is 0. The Balaban J connectivity index is 0.00000225. The van der Waals surface area contributed by atoms with Crippen LogP contribution in [-0.4, -0.2) is 31.3 Å². The number of amides is 1. The van der Waals surface area contributed by atoms with Crippen molar-refractivity contribution in [2.24, 2.45) is 11.7 Å². The highest BCUT2D eigenvalue weighted by Crippen LogP contribution is 2.28. The molecule has 1 aliphatic carbocycles. The van der Waals surface area contributed by atoms with E-state index in [-0.39, 0.29) is 30.5 Å². The zero-order valence-corrected chi connectivity index (χ0v) is 15.6. The van der Waals surface area contributed by atoms with E-state index in [4.69, 9.17) is 15.2 Å². The summed E-state index contributed by atoms with van der Waals surface area (Å²) in [5, 5.41) is 2.99. The van der Waals surface area contributed by atoms with Crippen LogP contribution < -0.4 is 15.8 Å². The first-order chi connectivity index (χ1) is 11.6. The molecular weight excluding hydrogens is 340 g/mol. The Morgan fingerprint density at radius 3 is 2.68 bits per heavy atom. The Morgan fingerprint density at radius 1 is 1.28 bits per heavy atom. The zero-order chi connectivity index (χ0) is 16.9. The van der Waals surface area contributed by atoms with Crippen LogP contribution in [0.2, 0.25) is 0 Å². The third-order valence-electron chi connectivity index (χ3n) is 5.09. The smallest absolute Gasteiger partial charge is 0.224 e. The van der Waals surface area contributed by atoms with Crippen molar-refractivity contribution in [3.05, 3.63) is 23.8 Å². The highest BCUT2D eigenvalue weighted by Gasteiger charge is 2.26. The largest absolute Gasteiger partial charge is 0.490 e. The van der Waals surface area contributed by atoms with Gasteiger partial charge in [-0.1, -0.05) is 6.42 Å². The third kappa shape index (κ3) is 5.59. The number of hydrogen-bond acceptors (Lipinski definition) is 4. The first-order valence-electron chi connectivity index (χ1n) is 9.02. The lowest BCUT2D eigenvalue weighted by molar-refractivity contribution is -0.117. The summed E-state index contributed by atoms with van der Waals surface area (Å²) in [5.41, 5.74) is 7.91. The van der Waals surface area contributed by atoms with Crippen molar-refractivity contribution in [3.8, 4) is 5.75 Å². The number of carbonyl (C=O) groups excluding carboxylic acids is 1. The van der Waals surface area contributed by atoms with Crippen molar-refractivity contribution < 1.29 is 14.3 Å². The number of ether oxygens (including phenoxy) is 2. The number of nitrogens with two attached hydrogens (primary N) is 1. The molecule has 1 aromatic rings. The average Bonchev–Trinajstić information content (AvgIpc) is 2.96. The van der Waals surface area contributed by atoms with Crippen LogP contribution in [0.15, 0.2) is 18.2 Å². The predicted octanol–water partition coefficient (Wildman–Crippen LogP) is 3.43. The van der Waals surface area contributed by atoms with Gasteiger partial charge in [0.25, 0.3) is 0 Å². The quantitative estimate of drug-likeness (QED) is 0.835. The number of aryl methyl sites for hydroxylation is 1. The van der Waals surface area contributed by atoms with Crippen molar-refractivity contribution in [2.75, 3.05) is 18.5 Å². The molecule has 3 N–H and O–H groups in total. The molecule has 0 radical (unpaired) electrons. The maximum absolute atomic E-state index is 12.2. The van der Waals surface area contributed by atoms with Crippen molar-refractivity contribution in [3.63, 3.8) is 0 Å². The number of anilines is 1. The molecule has 3 rings (SSSR count). The molecule has 1 aliphatic heterocycles. The summed E-state index contributed by atoms with van der Waals surface area (Å²) in [6.45, 7) is 3.54. The van der Waals surface area contributed by atoms with Gasteiger partial charge in [0, 0.05) is 31.0 Å². The van der Waals surface area contributed by atoms with Gasteiger partial charge in [0.05, 0.1) is 13.2 Å². The fourth-order valence-corrected chi connectivity index (χ4v) is 3.60. The second-order valence-electron chi connectivity index (χ2n) is 7.02. The van der Waals surface area contributed by atoms with E-state index in [0.717, 1.165) is 62.3 Å². The Morgan fingerprint density at radius 2 is 2.04 bits per heavy atom. The van der Waals surface area contributed by atoms with E-state index in [1.54, 1.807) is 0 Å². The van der Waals surface area contributed by atoms with Crippen molar-refractivity contribution in [1.29, 1.82) is 0 Å². The Bertz CT molecular complexity index is 576. The summed E-state index contributed by atoms with van der Waals surface area (Å²) in [7, 11) is 0. The monoisotopic (exact) mass is 368 g/mol. The molecule has 1 aromatic carbocycles. The molecule has 0 bridgehead atoms. The summed E-state index contributed by atoms with van der Waals surface area (Å²) in [6.07, 6.45) is 5.83. The normalized spacial score (nSPS) is 23.8. The molecule has 5 nitrogen and oxygen atoms in total. The van der Waals surface area contributed by atoms with Crippen LogP contribution >= 0.6 is 12.4 Å². The van der Waals surface area contributed by atoms with Crippen LogP contribution in [0, 0.1) is 12.8 Å². The molecule has 1 heterocycles. The molecule has 0 spiro atoms. The van der Waals surface area contributed by atoms with Gasteiger partial charge in [-0.25, -0.2) is 0 Å². The van der Waals surface area contributed by atoms with Crippen molar-refractivity contribution in [2.45, 2.75) is 57.6 Å². The molecular formula is C19H29ClN2O3. The summed E-state index contributed by atoms with van der Waals surface area (Å²) in [4.78, 5) is 12.2. The van der Waals surface area contributed by atoms with Crippen LogP contribution in [0.1, 0.15) is 44.1 Å². The van der Waals surface area contributed by atoms with E-state index in [2.05, 4.69) is 5.32 Å². The predicted molar refractivity (Wildman–Crippen MR) is 101 cm³/mol. The van der Waals surface area contributed by atoms with Crippen LogP contribution in [0.5, 0.6) is 5.75 Å². The van der Waals surface area contributed by atoms with E-state index < -0.39 is 0 Å². The van der Waals surface area contributed by atoms with E-state index in [0.29, 0.717) is 12.3 Å². The SMILES string of the molecule is Cc1cc(NC(=O)C[C@@H]2CCC[C@H]2N)ccc1OC1CCOCC1.Cl. The molecule has 1 amide bonds. The van der Waals surface area contributed by atoms with Crippen LogP contribution in [-0.2, 0) is 9.53 Å². The van der Waals surface area contributed by atoms with Gasteiger partial charge in [0.15, 0.2) is 0 Å². The van der Waals surface area contributed by atoms with Gasteiger partial charge in [-0.2, -0.15) is 0 Å². The standard InChI is InChI=1S/C19H28N2O3.ClH/c1-13-11-15(21-19(22)12-14-3-2-4-17(14)20)5-6-18(13)24-16-7-9-23-10-8-16;/h5-6,11,14,16-17H,2-4,7-10,12,20H2,1H3,(H,21,22);1H/t14-,17+;/m0./s1. The molecule has 0 unspecified atom stereocenters. The highest BCUT2D eigenvalue weighted by molar-refractivity contribution is 5.91. The fourth-order valence-electron chi connectivity index (χ4n) is 3.60. The van der Waals surface area contributed by atoms with Gasteiger partial charge in [-0.15, -0.1) is 12.4 Å². The number of halogens is 1. The highest BCUT2D eigenvalue weighted by atomic mass is 35.5. The lowest BCUT2D eigenvalue weighted by Gasteiger charge is -2.24. The van der Waals surface area contributed by atoms with Gasteiger partial charge >= 0.3 is 0 Å². The topological polar surface area (TPSA) is 73.6 Å². The maximum atomic E-state index is 12.2. The van der Waals surface area contributed by atoms with Crippen LogP contribution in [0.4, 0.5) is 5.69 Å². The molecule has 6 heteroatoms. The average molecular weight is 369 g/mol. The van der Waals surface area contributed by atoms with Crippen molar-refractivity contribution >= 4 is 24.0 Å². The Kier molecular flexibility index (Phi) is 7.54. The molecule has 1 saturated heterocycles. The van der Waals surface area contributed by atoms with Gasteiger partial charge in [0.2, 0.25) is 5.91 Å². The van der Waals surface area contributed by atoms with Crippen LogP contribution in [0.25, 0.3) is 0 Å². The molecule has 2 fully saturated rings. The Hall–Kier alpha value is -1.30. The zero-order valence-electron chi connectivity index (χ0n) is 14.8. The van der Waals surface area contributed by atoms with Gasteiger partial charge in [-0.05, 0) is 49.4 Å². The molecule has 2 atom stereocenters. The molecule has 0 aromatic heterocycles. The van der Waals surface area contributed by atoms with Gasteiger partial charge in [0.1, 0.15) is 11.9 Å². The minimum absolute atomic E-state index is 0. The van der Waals surface area contributed by atoms with E-state index in [9.17, 15) is 4.79 Å². The molecule has 2 aliphatic rings. The molecule has 1 saturated carbocycles. The fraction of sp³-hybridized carbons (Fsp3) is 0.632. The first kappa shape index (κ1) is 20.0. The maximum Gasteiger partial charge on any atom is 0.224 e. The third-order valence-corrected chi connectivity index (χ3v) is 5.09. The van der Waals surface area contributed by atoms with E-state index in [1.807, 2.05) is 25.1 Å². The summed E-state index contributed by atoms with van der Waals surface area (Å²) in [5.74, 6) is 1.26. The van der Waals surface area contributed by atoms with E-state index >= 15 is 0 Å². The second kappa shape index (κ2) is 9.41. The summed E-state index contributed by atoms with van der Waals surface area (Å²) in [6, 6.07) is 6.00. The van der Waals surface area contributed by atoms with Crippen molar-refractivity contribution in [1.82, 2.24) is 0 Å². The van der Waals surface area contributed by atoms with E-state index in [1.165, 1.54) is 0 Å². The minimum Gasteiger partial charge on any atom is -0.490 e. The Labute approximate surface area is 156 Å². The lowest BCUT2D eigenvalue weighted by atomic mass is 10.00. The number of hydrogen-bond donors (Lipinski definition) is 2. The number of rotatable bonds is 5. The second-order valence-corrected chi connectivity index (χ2v) is 7.02. The van der Waals surface area contributed by atoms with Gasteiger partial charge < -0.3 is 20.5 Å². The molecule has 140 valence electrons.